The Hall–Kier alpha value is -3.14. The Morgan fingerprint density at radius 1 is 0.963 bits per heavy atom. The van der Waals surface area contributed by atoms with Crippen LogP contribution in [0.1, 0.15) is 30.5 Å². The van der Waals surface area contributed by atoms with Gasteiger partial charge in [-0.3, -0.25) is 5.01 Å². The van der Waals surface area contributed by atoms with Crippen LogP contribution in [0.15, 0.2) is 84.0 Å². The first kappa shape index (κ1) is 17.3. The minimum atomic E-state index is -0.202. The van der Waals surface area contributed by atoms with Crippen LogP contribution in [0, 0.1) is 5.82 Å². The summed E-state index contributed by atoms with van der Waals surface area (Å²) in [6.45, 7) is 2.60. The van der Waals surface area contributed by atoms with Crippen molar-refractivity contribution in [3.63, 3.8) is 0 Å². The van der Waals surface area contributed by atoms with Gasteiger partial charge in [0.2, 0.25) is 0 Å². The second kappa shape index (κ2) is 7.62. The van der Waals surface area contributed by atoms with Crippen molar-refractivity contribution >= 4 is 11.4 Å². The summed E-state index contributed by atoms with van der Waals surface area (Å²) in [6.07, 6.45) is 0.643. The van der Waals surface area contributed by atoms with Gasteiger partial charge in [0.1, 0.15) is 11.6 Å². The predicted octanol–water partition coefficient (Wildman–Crippen LogP) is 5.58. The van der Waals surface area contributed by atoms with E-state index in [9.17, 15) is 4.39 Å². The Bertz CT molecular complexity index is 938. The van der Waals surface area contributed by atoms with Crippen LogP contribution < -0.4 is 9.75 Å². The molecule has 0 N–H and O–H groups in total. The molecule has 27 heavy (non-hydrogen) atoms. The summed E-state index contributed by atoms with van der Waals surface area (Å²) < 4.78 is 20.0. The number of para-hydroxylation sites is 1. The van der Waals surface area contributed by atoms with E-state index in [1.165, 1.54) is 6.07 Å². The molecule has 0 saturated heterocycles. The van der Waals surface area contributed by atoms with Crippen molar-refractivity contribution in [2.75, 3.05) is 11.6 Å². The fraction of sp³-hybridized carbons (Fsp3) is 0.174. The van der Waals surface area contributed by atoms with Gasteiger partial charge in [0.05, 0.1) is 24.0 Å². The molecule has 0 bridgehead atoms. The number of hydrogen-bond acceptors (Lipinski definition) is 3. The summed E-state index contributed by atoms with van der Waals surface area (Å²) in [5, 5.41) is 6.77. The van der Waals surface area contributed by atoms with Crippen LogP contribution in [0.5, 0.6) is 5.75 Å². The van der Waals surface area contributed by atoms with Crippen LogP contribution in [0.25, 0.3) is 0 Å². The SMILES string of the molecule is CCOc1ccc(C2=NN(c3ccccc3)[C@@H](c3ccccc3F)C2)cc1. The highest BCUT2D eigenvalue weighted by Gasteiger charge is 2.31. The zero-order chi connectivity index (χ0) is 18.6. The molecule has 1 heterocycles. The maximum Gasteiger partial charge on any atom is 0.128 e. The molecule has 0 radical (unpaired) electrons. The molecule has 0 amide bonds. The third-order valence-corrected chi connectivity index (χ3v) is 4.69. The lowest BCUT2D eigenvalue weighted by atomic mass is 9.97. The van der Waals surface area contributed by atoms with E-state index in [-0.39, 0.29) is 11.9 Å². The highest BCUT2D eigenvalue weighted by molar-refractivity contribution is 6.03. The van der Waals surface area contributed by atoms with Crippen molar-refractivity contribution in [3.8, 4) is 5.75 Å². The number of benzene rings is 3. The van der Waals surface area contributed by atoms with Gasteiger partial charge in [-0.2, -0.15) is 5.10 Å². The lowest BCUT2D eigenvalue weighted by Crippen LogP contribution is -2.19. The van der Waals surface area contributed by atoms with Crippen molar-refractivity contribution in [1.82, 2.24) is 0 Å². The Morgan fingerprint density at radius 2 is 1.67 bits per heavy atom. The third-order valence-electron chi connectivity index (χ3n) is 4.69. The van der Waals surface area contributed by atoms with Crippen molar-refractivity contribution in [3.05, 3.63) is 95.8 Å². The maximum atomic E-state index is 14.5. The Morgan fingerprint density at radius 3 is 2.37 bits per heavy atom. The molecule has 0 saturated carbocycles. The van der Waals surface area contributed by atoms with Crippen LogP contribution in [-0.2, 0) is 0 Å². The van der Waals surface area contributed by atoms with E-state index in [4.69, 9.17) is 9.84 Å². The van der Waals surface area contributed by atoms with Gasteiger partial charge < -0.3 is 4.74 Å². The molecule has 1 aliphatic rings. The van der Waals surface area contributed by atoms with Gasteiger partial charge in [-0.1, -0.05) is 36.4 Å². The topological polar surface area (TPSA) is 24.8 Å². The second-order valence-electron chi connectivity index (χ2n) is 6.43. The monoisotopic (exact) mass is 360 g/mol. The van der Waals surface area contributed by atoms with Crippen molar-refractivity contribution < 1.29 is 9.13 Å². The van der Waals surface area contributed by atoms with Gasteiger partial charge in [0.15, 0.2) is 0 Å². The number of hydrogen-bond donors (Lipinski definition) is 0. The van der Waals surface area contributed by atoms with Gasteiger partial charge in [-0.15, -0.1) is 0 Å². The minimum Gasteiger partial charge on any atom is -0.494 e. The first-order valence-electron chi connectivity index (χ1n) is 9.15. The Balaban J connectivity index is 1.70. The molecular formula is C23H21FN2O. The lowest BCUT2D eigenvalue weighted by Gasteiger charge is -2.24. The van der Waals surface area contributed by atoms with Crippen LogP contribution in [0.2, 0.25) is 0 Å². The van der Waals surface area contributed by atoms with Crippen LogP contribution in [-0.4, -0.2) is 12.3 Å². The number of halogens is 1. The summed E-state index contributed by atoms with van der Waals surface area (Å²) in [4.78, 5) is 0. The molecule has 4 heteroatoms. The molecule has 1 atom stereocenters. The zero-order valence-corrected chi connectivity index (χ0v) is 15.2. The molecule has 136 valence electrons. The first-order valence-corrected chi connectivity index (χ1v) is 9.15. The molecule has 0 unspecified atom stereocenters. The van der Waals surface area contributed by atoms with E-state index in [0.717, 1.165) is 22.7 Å². The summed E-state index contributed by atoms with van der Waals surface area (Å²) in [7, 11) is 0. The van der Waals surface area contributed by atoms with Crippen LogP contribution >= 0.6 is 0 Å². The third kappa shape index (κ3) is 3.56. The fourth-order valence-corrected chi connectivity index (χ4v) is 3.40. The highest BCUT2D eigenvalue weighted by atomic mass is 19.1. The smallest absolute Gasteiger partial charge is 0.128 e. The van der Waals surface area contributed by atoms with Gasteiger partial charge in [-0.05, 0) is 55.0 Å². The average molecular weight is 360 g/mol. The number of hydrazone groups is 1. The number of rotatable bonds is 5. The molecule has 4 rings (SSSR count). The summed E-state index contributed by atoms with van der Waals surface area (Å²) in [5.74, 6) is 0.636. The number of anilines is 1. The molecule has 0 aliphatic carbocycles. The predicted molar refractivity (Wildman–Crippen MR) is 107 cm³/mol. The van der Waals surface area contributed by atoms with E-state index >= 15 is 0 Å². The maximum absolute atomic E-state index is 14.5. The van der Waals surface area contributed by atoms with Gasteiger partial charge in [0.25, 0.3) is 0 Å². The van der Waals surface area contributed by atoms with Gasteiger partial charge in [0, 0.05) is 12.0 Å². The van der Waals surface area contributed by atoms with Gasteiger partial charge in [-0.25, -0.2) is 4.39 Å². The Kier molecular flexibility index (Phi) is 4.88. The first-order chi connectivity index (χ1) is 13.3. The van der Waals surface area contributed by atoms with E-state index in [0.29, 0.717) is 18.6 Å². The van der Waals surface area contributed by atoms with E-state index < -0.39 is 0 Å². The molecule has 3 aromatic carbocycles. The second-order valence-corrected chi connectivity index (χ2v) is 6.43. The van der Waals surface area contributed by atoms with E-state index in [2.05, 4.69) is 0 Å². The lowest BCUT2D eigenvalue weighted by molar-refractivity contribution is 0.340. The largest absolute Gasteiger partial charge is 0.494 e. The fourth-order valence-electron chi connectivity index (χ4n) is 3.40. The standard InChI is InChI=1S/C23H21FN2O/c1-2-27-19-14-12-17(13-15-19)22-16-23(20-10-6-7-11-21(20)24)26(25-22)18-8-4-3-5-9-18/h3-15,23H,2,16H2,1H3/t23-/m1/s1. The van der Waals surface area contributed by atoms with E-state index in [1.54, 1.807) is 6.07 Å². The van der Waals surface area contributed by atoms with E-state index in [1.807, 2.05) is 78.7 Å². The molecule has 1 aliphatic heterocycles. The van der Waals surface area contributed by atoms with Crippen molar-refractivity contribution in [1.29, 1.82) is 0 Å². The Labute approximate surface area is 158 Å². The average Bonchev–Trinajstić information content (AvgIpc) is 3.15. The minimum absolute atomic E-state index is 0.171. The quantitative estimate of drug-likeness (QED) is 0.593. The molecule has 3 nitrogen and oxygen atoms in total. The zero-order valence-electron chi connectivity index (χ0n) is 15.2. The molecule has 0 aromatic heterocycles. The number of nitrogens with zero attached hydrogens (tertiary/aromatic N) is 2. The summed E-state index contributed by atoms with van der Waals surface area (Å²) in [5.41, 5.74) is 3.58. The molecular weight excluding hydrogens is 339 g/mol. The van der Waals surface area contributed by atoms with Crippen molar-refractivity contribution in [2.24, 2.45) is 5.10 Å². The highest BCUT2D eigenvalue weighted by Crippen LogP contribution is 2.37. The molecule has 3 aromatic rings. The summed E-state index contributed by atoms with van der Waals surface area (Å²) in [6, 6.07) is 24.6. The summed E-state index contributed by atoms with van der Waals surface area (Å²) >= 11 is 0. The van der Waals surface area contributed by atoms with Crippen LogP contribution in [0.3, 0.4) is 0 Å². The normalized spacial score (nSPS) is 16.3. The van der Waals surface area contributed by atoms with Gasteiger partial charge >= 0.3 is 0 Å². The molecule has 0 fully saturated rings. The van der Waals surface area contributed by atoms with Crippen LogP contribution in [0.4, 0.5) is 10.1 Å². The molecule has 0 spiro atoms. The number of ether oxygens (including phenoxy) is 1. The van der Waals surface area contributed by atoms with Crippen molar-refractivity contribution in [2.45, 2.75) is 19.4 Å².